The first-order chi connectivity index (χ1) is 7.72. The molecule has 0 radical (unpaired) electrons. The molecule has 16 heavy (non-hydrogen) atoms. The minimum atomic E-state index is -0.221. The number of carbonyl (C=O) groups is 2. The van der Waals surface area contributed by atoms with Gasteiger partial charge in [0.25, 0.3) is 11.1 Å². The van der Waals surface area contributed by atoms with E-state index in [9.17, 15) is 9.59 Å². The number of nitrogens with zero attached hydrogens (tertiary/aromatic N) is 2. The quantitative estimate of drug-likeness (QED) is 0.736. The number of rotatable bonds is 2. The van der Waals surface area contributed by atoms with Crippen LogP contribution in [-0.4, -0.2) is 27.6 Å². The Kier molecular flexibility index (Phi) is 3.05. The largest absolute Gasteiger partial charge is 0.293 e. The number of pyridine rings is 1. The second-order valence-corrected chi connectivity index (χ2v) is 4.21. The average molecular weight is 234 g/mol. The molecule has 0 atom stereocenters. The standard InChI is InChI=1S/C11H10N2O2S/c1-2-13-10(14)9(16-11(13)15)6-8-4-3-5-12-7-8/h3-7H,2H2,1H3/b9-6+. The monoisotopic (exact) mass is 234 g/mol. The van der Waals surface area contributed by atoms with E-state index in [4.69, 9.17) is 0 Å². The molecule has 2 heterocycles. The maximum Gasteiger partial charge on any atom is 0.293 e. The molecule has 0 aliphatic carbocycles. The van der Waals surface area contributed by atoms with Crippen LogP contribution in [-0.2, 0) is 4.79 Å². The Hall–Kier alpha value is -1.62. The predicted molar refractivity (Wildman–Crippen MR) is 62.6 cm³/mol. The smallest absolute Gasteiger partial charge is 0.269 e. The normalized spacial score (nSPS) is 18.6. The lowest BCUT2D eigenvalue weighted by molar-refractivity contribution is -0.122. The molecule has 1 saturated heterocycles. The Labute approximate surface area is 97.4 Å². The van der Waals surface area contributed by atoms with Crippen molar-refractivity contribution < 1.29 is 9.59 Å². The van der Waals surface area contributed by atoms with Crippen LogP contribution in [0.15, 0.2) is 29.4 Å². The summed E-state index contributed by atoms with van der Waals surface area (Å²) in [5.41, 5.74) is 0.823. The number of amides is 2. The van der Waals surface area contributed by atoms with Crippen molar-refractivity contribution in [2.75, 3.05) is 6.54 Å². The van der Waals surface area contributed by atoms with E-state index in [2.05, 4.69) is 4.98 Å². The third kappa shape index (κ3) is 1.99. The molecule has 0 unspecified atom stereocenters. The van der Waals surface area contributed by atoms with Crippen molar-refractivity contribution in [2.45, 2.75) is 6.92 Å². The summed E-state index contributed by atoms with van der Waals surface area (Å²) in [6, 6.07) is 3.63. The predicted octanol–water partition coefficient (Wildman–Crippen LogP) is 2.14. The molecule has 1 aromatic heterocycles. The summed E-state index contributed by atoms with van der Waals surface area (Å²) in [6.45, 7) is 2.19. The number of aromatic nitrogens is 1. The van der Waals surface area contributed by atoms with Crippen LogP contribution in [0.25, 0.3) is 6.08 Å². The van der Waals surface area contributed by atoms with Gasteiger partial charge in [0, 0.05) is 18.9 Å². The molecule has 1 aliphatic heterocycles. The Balaban J connectivity index is 2.27. The van der Waals surface area contributed by atoms with Crippen molar-refractivity contribution in [1.29, 1.82) is 0 Å². The molecule has 0 spiro atoms. The van der Waals surface area contributed by atoms with E-state index in [0.29, 0.717) is 11.4 Å². The maximum absolute atomic E-state index is 11.7. The highest BCUT2D eigenvalue weighted by Gasteiger charge is 2.33. The van der Waals surface area contributed by atoms with Gasteiger partial charge in [-0.25, -0.2) is 0 Å². The van der Waals surface area contributed by atoms with E-state index in [0.717, 1.165) is 17.3 Å². The molecule has 0 N–H and O–H groups in total. The maximum atomic E-state index is 11.7. The van der Waals surface area contributed by atoms with Gasteiger partial charge in [0.1, 0.15) is 0 Å². The summed E-state index contributed by atoms with van der Waals surface area (Å²) < 4.78 is 0. The molecular weight excluding hydrogens is 224 g/mol. The zero-order valence-electron chi connectivity index (χ0n) is 8.71. The molecule has 82 valence electrons. The van der Waals surface area contributed by atoms with Gasteiger partial charge in [0.05, 0.1) is 4.91 Å². The lowest BCUT2D eigenvalue weighted by Crippen LogP contribution is -2.27. The average Bonchev–Trinajstić information content (AvgIpc) is 2.55. The van der Waals surface area contributed by atoms with Gasteiger partial charge in [-0.1, -0.05) is 6.07 Å². The zero-order chi connectivity index (χ0) is 11.5. The van der Waals surface area contributed by atoms with E-state index in [1.165, 1.54) is 4.90 Å². The highest BCUT2D eigenvalue weighted by atomic mass is 32.2. The van der Waals surface area contributed by atoms with E-state index >= 15 is 0 Å². The Morgan fingerprint density at radius 1 is 1.50 bits per heavy atom. The fourth-order valence-electron chi connectivity index (χ4n) is 1.39. The SMILES string of the molecule is CCN1C(=O)S/C(=C/c2cccnc2)C1=O. The summed E-state index contributed by atoms with van der Waals surface area (Å²) >= 11 is 0.972. The molecule has 0 aromatic carbocycles. The fraction of sp³-hybridized carbons (Fsp3) is 0.182. The van der Waals surface area contributed by atoms with Gasteiger partial charge in [-0.05, 0) is 36.4 Å². The van der Waals surface area contributed by atoms with Gasteiger partial charge in [0.2, 0.25) is 0 Å². The molecule has 1 aromatic rings. The second kappa shape index (κ2) is 4.49. The van der Waals surface area contributed by atoms with Crippen LogP contribution in [0.4, 0.5) is 4.79 Å². The third-order valence-electron chi connectivity index (χ3n) is 2.17. The van der Waals surface area contributed by atoms with Crippen molar-refractivity contribution in [2.24, 2.45) is 0 Å². The molecule has 2 rings (SSSR count). The van der Waals surface area contributed by atoms with Gasteiger partial charge >= 0.3 is 0 Å². The van der Waals surface area contributed by atoms with Crippen LogP contribution >= 0.6 is 11.8 Å². The molecule has 1 aliphatic rings. The third-order valence-corrected chi connectivity index (χ3v) is 3.08. The molecule has 4 nitrogen and oxygen atoms in total. The minimum absolute atomic E-state index is 0.206. The van der Waals surface area contributed by atoms with Crippen LogP contribution in [0, 0.1) is 0 Å². The number of carbonyl (C=O) groups excluding carboxylic acids is 2. The van der Waals surface area contributed by atoms with Crippen molar-refractivity contribution >= 4 is 29.0 Å². The minimum Gasteiger partial charge on any atom is -0.269 e. The highest BCUT2D eigenvalue weighted by molar-refractivity contribution is 8.18. The number of thioether (sulfide) groups is 1. The molecule has 0 saturated carbocycles. The molecule has 5 heteroatoms. The van der Waals surface area contributed by atoms with Crippen molar-refractivity contribution in [1.82, 2.24) is 9.88 Å². The van der Waals surface area contributed by atoms with Gasteiger partial charge in [0.15, 0.2) is 0 Å². The first-order valence-corrected chi connectivity index (χ1v) is 5.69. The van der Waals surface area contributed by atoms with Gasteiger partial charge in [-0.2, -0.15) is 0 Å². The van der Waals surface area contributed by atoms with Gasteiger partial charge < -0.3 is 0 Å². The number of hydrogen-bond donors (Lipinski definition) is 0. The fourth-order valence-corrected chi connectivity index (χ4v) is 2.29. The Morgan fingerprint density at radius 2 is 2.31 bits per heavy atom. The summed E-state index contributed by atoms with van der Waals surface area (Å²) in [7, 11) is 0. The number of likely N-dealkylation sites (N-methyl/N-ethyl adjacent to an activating group) is 1. The first-order valence-electron chi connectivity index (χ1n) is 4.87. The Morgan fingerprint density at radius 3 is 2.88 bits per heavy atom. The van der Waals surface area contributed by atoms with E-state index < -0.39 is 0 Å². The van der Waals surface area contributed by atoms with Crippen molar-refractivity contribution in [3.05, 3.63) is 35.0 Å². The van der Waals surface area contributed by atoms with E-state index in [1.54, 1.807) is 31.5 Å². The van der Waals surface area contributed by atoms with Crippen molar-refractivity contribution in [3.63, 3.8) is 0 Å². The van der Waals surface area contributed by atoms with Gasteiger partial charge in [-0.3, -0.25) is 19.5 Å². The summed E-state index contributed by atoms with van der Waals surface area (Å²) in [5, 5.41) is -0.206. The molecule has 2 amide bonds. The first kappa shape index (κ1) is 10.9. The lowest BCUT2D eigenvalue weighted by Gasteiger charge is -2.06. The second-order valence-electron chi connectivity index (χ2n) is 3.21. The Bertz CT molecular complexity index is 456. The topological polar surface area (TPSA) is 50.3 Å². The van der Waals surface area contributed by atoms with Crippen LogP contribution in [0.2, 0.25) is 0 Å². The van der Waals surface area contributed by atoms with Crippen LogP contribution in [0.1, 0.15) is 12.5 Å². The zero-order valence-corrected chi connectivity index (χ0v) is 9.53. The van der Waals surface area contributed by atoms with E-state index in [-0.39, 0.29) is 11.1 Å². The lowest BCUT2D eigenvalue weighted by atomic mass is 10.2. The van der Waals surface area contributed by atoms with Crippen LogP contribution < -0.4 is 0 Å². The van der Waals surface area contributed by atoms with E-state index in [1.807, 2.05) is 6.07 Å². The van der Waals surface area contributed by atoms with Crippen LogP contribution in [0.3, 0.4) is 0 Å². The molecular formula is C11H10N2O2S. The number of imide groups is 1. The summed E-state index contributed by atoms with van der Waals surface area (Å²) in [6.07, 6.45) is 5.00. The molecule has 1 fully saturated rings. The highest BCUT2D eigenvalue weighted by Crippen LogP contribution is 2.31. The van der Waals surface area contributed by atoms with Gasteiger partial charge in [-0.15, -0.1) is 0 Å². The number of hydrogen-bond acceptors (Lipinski definition) is 4. The summed E-state index contributed by atoms with van der Waals surface area (Å²) in [5.74, 6) is -0.221. The van der Waals surface area contributed by atoms with Crippen LogP contribution in [0.5, 0.6) is 0 Å². The summed E-state index contributed by atoms with van der Waals surface area (Å²) in [4.78, 5) is 28.8. The van der Waals surface area contributed by atoms with Crippen molar-refractivity contribution in [3.8, 4) is 0 Å². The molecule has 0 bridgehead atoms.